The average molecular weight is 251 g/mol. The lowest BCUT2D eigenvalue weighted by Crippen LogP contribution is -2.32. The molecule has 0 amide bonds. The van der Waals surface area contributed by atoms with Crippen molar-refractivity contribution in [3.63, 3.8) is 0 Å². The molecule has 1 nitrogen and oxygen atoms in total. The Morgan fingerprint density at radius 1 is 1.11 bits per heavy atom. The fraction of sp³-hybridized carbons (Fsp3) is 0.625. The van der Waals surface area contributed by atoms with Gasteiger partial charge in [0.2, 0.25) is 0 Å². The number of nitrogens with one attached hydrogen (secondary N) is 1. The molecule has 3 atom stereocenters. The Morgan fingerprint density at radius 3 is 2.33 bits per heavy atom. The Hall–Kier alpha value is -0.890. The van der Waals surface area contributed by atoms with E-state index in [0.29, 0.717) is 6.04 Å². The third-order valence-electron chi connectivity index (χ3n) is 3.73. The maximum absolute atomic E-state index is 13.7. The lowest BCUT2D eigenvalue weighted by molar-refractivity contribution is 0.355. The van der Waals surface area contributed by atoms with E-state index in [0.717, 1.165) is 24.3 Å². The zero-order chi connectivity index (χ0) is 13.5. The first kappa shape index (κ1) is 15.2. The summed E-state index contributed by atoms with van der Waals surface area (Å²) in [7, 11) is 0. The van der Waals surface area contributed by atoms with Crippen molar-refractivity contribution in [2.45, 2.75) is 59.0 Å². The molecule has 0 fully saturated rings. The Kier molecular flexibility index (Phi) is 6.34. The van der Waals surface area contributed by atoms with Crippen molar-refractivity contribution >= 4 is 0 Å². The number of benzene rings is 1. The Balaban J connectivity index is 2.62. The van der Waals surface area contributed by atoms with E-state index in [1.165, 1.54) is 12.5 Å². The summed E-state index contributed by atoms with van der Waals surface area (Å²) >= 11 is 0. The van der Waals surface area contributed by atoms with Gasteiger partial charge in [-0.05, 0) is 31.7 Å². The molecule has 0 aliphatic rings. The van der Waals surface area contributed by atoms with Crippen LogP contribution in [0.1, 0.15) is 58.6 Å². The van der Waals surface area contributed by atoms with Gasteiger partial charge in [-0.1, -0.05) is 45.4 Å². The van der Waals surface area contributed by atoms with E-state index < -0.39 is 0 Å². The predicted molar refractivity (Wildman–Crippen MR) is 76.1 cm³/mol. The second-order valence-corrected chi connectivity index (χ2v) is 5.26. The third kappa shape index (κ3) is 4.41. The summed E-state index contributed by atoms with van der Waals surface area (Å²) in [4.78, 5) is 0. The predicted octanol–water partition coefficient (Wildman–Crippen LogP) is 4.69. The summed E-state index contributed by atoms with van der Waals surface area (Å²) in [5, 5.41) is 3.55. The minimum Gasteiger partial charge on any atom is -0.307 e. The van der Waals surface area contributed by atoms with Crippen molar-refractivity contribution in [3.8, 4) is 0 Å². The van der Waals surface area contributed by atoms with Crippen LogP contribution in [0, 0.1) is 11.7 Å². The van der Waals surface area contributed by atoms with Crippen LogP contribution >= 0.6 is 0 Å². The molecule has 1 rings (SSSR count). The van der Waals surface area contributed by atoms with Crippen LogP contribution in [0.15, 0.2) is 24.3 Å². The molecule has 2 heteroatoms. The van der Waals surface area contributed by atoms with Crippen molar-refractivity contribution in [2.24, 2.45) is 5.92 Å². The van der Waals surface area contributed by atoms with E-state index in [1.54, 1.807) is 6.07 Å². The molecule has 0 bridgehead atoms. The summed E-state index contributed by atoms with van der Waals surface area (Å²) in [6.07, 6.45) is 3.45. The molecule has 18 heavy (non-hydrogen) atoms. The second kappa shape index (κ2) is 7.52. The number of hydrogen-bond acceptors (Lipinski definition) is 1. The summed E-state index contributed by atoms with van der Waals surface area (Å²) in [6.45, 7) is 8.72. The summed E-state index contributed by atoms with van der Waals surface area (Å²) in [5.74, 6) is 0.603. The molecule has 3 unspecified atom stereocenters. The average Bonchev–Trinajstić information content (AvgIpc) is 2.38. The lowest BCUT2D eigenvalue weighted by atomic mass is 9.96. The normalized spacial score (nSPS) is 16.3. The van der Waals surface area contributed by atoms with E-state index in [9.17, 15) is 4.39 Å². The first-order chi connectivity index (χ1) is 8.58. The summed E-state index contributed by atoms with van der Waals surface area (Å²) in [5.41, 5.74) is 0.764. The Morgan fingerprint density at radius 2 is 1.78 bits per heavy atom. The first-order valence-electron chi connectivity index (χ1n) is 7.08. The van der Waals surface area contributed by atoms with Crippen LogP contribution in [0.3, 0.4) is 0 Å². The summed E-state index contributed by atoms with van der Waals surface area (Å²) in [6, 6.07) is 7.56. The van der Waals surface area contributed by atoms with Gasteiger partial charge in [-0.3, -0.25) is 0 Å². The van der Waals surface area contributed by atoms with Crippen LogP contribution in [0.25, 0.3) is 0 Å². The van der Waals surface area contributed by atoms with Gasteiger partial charge < -0.3 is 5.32 Å². The molecule has 0 saturated carbocycles. The largest absolute Gasteiger partial charge is 0.307 e. The van der Waals surface area contributed by atoms with Gasteiger partial charge >= 0.3 is 0 Å². The first-order valence-corrected chi connectivity index (χ1v) is 7.08. The van der Waals surface area contributed by atoms with Crippen molar-refractivity contribution in [3.05, 3.63) is 35.6 Å². The molecule has 0 aliphatic heterocycles. The number of rotatable bonds is 7. The van der Waals surface area contributed by atoms with E-state index in [1.807, 2.05) is 19.1 Å². The second-order valence-electron chi connectivity index (χ2n) is 5.26. The van der Waals surface area contributed by atoms with Gasteiger partial charge in [0.1, 0.15) is 5.82 Å². The van der Waals surface area contributed by atoms with E-state index >= 15 is 0 Å². The molecule has 0 saturated heterocycles. The fourth-order valence-corrected chi connectivity index (χ4v) is 2.27. The zero-order valence-corrected chi connectivity index (χ0v) is 12.0. The van der Waals surface area contributed by atoms with Gasteiger partial charge in [0.25, 0.3) is 0 Å². The maximum atomic E-state index is 13.7. The van der Waals surface area contributed by atoms with Gasteiger partial charge in [0.05, 0.1) is 0 Å². The van der Waals surface area contributed by atoms with Crippen LogP contribution in [0.4, 0.5) is 4.39 Å². The molecule has 0 aliphatic carbocycles. The smallest absolute Gasteiger partial charge is 0.127 e. The molecule has 0 heterocycles. The molecular weight excluding hydrogens is 225 g/mol. The van der Waals surface area contributed by atoms with Crippen LogP contribution in [0.5, 0.6) is 0 Å². The highest BCUT2D eigenvalue weighted by Crippen LogP contribution is 2.20. The topological polar surface area (TPSA) is 12.0 Å². The molecule has 0 radical (unpaired) electrons. The zero-order valence-electron chi connectivity index (χ0n) is 12.0. The standard InChI is InChI=1S/C16H26FN/c1-5-12(3)11-14(6-2)18-13(4)15-9-7-8-10-16(15)17/h7-10,12-14,18H,5-6,11H2,1-4H3. The molecule has 0 aromatic heterocycles. The van der Waals surface area contributed by atoms with Gasteiger partial charge in [0.15, 0.2) is 0 Å². The third-order valence-corrected chi connectivity index (χ3v) is 3.73. The van der Waals surface area contributed by atoms with Gasteiger partial charge in [-0.2, -0.15) is 0 Å². The minimum atomic E-state index is -0.115. The number of hydrogen-bond donors (Lipinski definition) is 1. The highest BCUT2D eigenvalue weighted by atomic mass is 19.1. The molecule has 1 N–H and O–H groups in total. The summed E-state index contributed by atoms with van der Waals surface area (Å²) < 4.78 is 13.7. The van der Waals surface area contributed by atoms with Crippen LogP contribution in [-0.4, -0.2) is 6.04 Å². The maximum Gasteiger partial charge on any atom is 0.127 e. The van der Waals surface area contributed by atoms with E-state index in [2.05, 4.69) is 26.1 Å². The fourth-order valence-electron chi connectivity index (χ4n) is 2.27. The van der Waals surface area contributed by atoms with Crippen molar-refractivity contribution in [1.82, 2.24) is 5.32 Å². The molecular formula is C16H26FN. The molecule has 1 aromatic rings. The molecule has 1 aromatic carbocycles. The van der Waals surface area contributed by atoms with Crippen molar-refractivity contribution in [1.29, 1.82) is 0 Å². The Labute approximate surface area is 111 Å². The van der Waals surface area contributed by atoms with Crippen LogP contribution in [0.2, 0.25) is 0 Å². The number of halogens is 1. The monoisotopic (exact) mass is 251 g/mol. The van der Waals surface area contributed by atoms with E-state index in [4.69, 9.17) is 0 Å². The quantitative estimate of drug-likeness (QED) is 0.741. The van der Waals surface area contributed by atoms with Crippen LogP contribution < -0.4 is 5.32 Å². The van der Waals surface area contributed by atoms with Gasteiger partial charge in [-0.25, -0.2) is 4.39 Å². The van der Waals surface area contributed by atoms with Gasteiger partial charge in [0, 0.05) is 17.6 Å². The lowest BCUT2D eigenvalue weighted by Gasteiger charge is -2.25. The highest BCUT2D eigenvalue weighted by Gasteiger charge is 2.16. The van der Waals surface area contributed by atoms with Crippen molar-refractivity contribution < 1.29 is 4.39 Å². The SMILES string of the molecule is CCC(C)CC(CC)NC(C)c1ccccc1F. The van der Waals surface area contributed by atoms with Crippen LogP contribution in [-0.2, 0) is 0 Å². The van der Waals surface area contributed by atoms with Gasteiger partial charge in [-0.15, -0.1) is 0 Å². The molecule has 0 spiro atoms. The van der Waals surface area contributed by atoms with Crippen molar-refractivity contribution in [2.75, 3.05) is 0 Å². The Bertz CT molecular complexity index is 351. The van der Waals surface area contributed by atoms with E-state index in [-0.39, 0.29) is 11.9 Å². The minimum absolute atomic E-state index is 0.0696. The molecule has 102 valence electrons. The highest BCUT2D eigenvalue weighted by molar-refractivity contribution is 5.20.